The molecule has 0 unspecified atom stereocenters. The Labute approximate surface area is 149 Å². The van der Waals surface area contributed by atoms with Gasteiger partial charge in [-0.3, -0.25) is 0 Å². The third kappa shape index (κ3) is 6.41. The maximum absolute atomic E-state index is 5.76. The molecule has 0 saturated carbocycles. The van der Waals surface area contributed by atoms with E-state index in [1.807, 2.05) is 48.5 Å². The first kappa shape index (κ1) is 17.4. The first-order chi connectivity index (χ1) is 10.8. The van der Waals surface area contributed by atoms with Crippen LogP contribution in [0.25, 0.3) is 0 Å². The second-order valence-electron chi connectivity index (χ2n) is 5.11. The van der Waals surface area contributed by atoms with Gasteiger partial charge in [0.25, 0.3) is 0 Å². The SMILES string of the molecule is BrCCCCCCOc1ccc(Nc2ccc(Br)cc2)cc1. The average Bonchev–Trinajstić information content (AvgIpc) is 2.54. The van der Waals surface area contributed by atoms with Crippen LogP contribution in [0.15, 0.2) is 53.0 Å². The number of hydrogen-bond acceptors (Lipinski definition) is 2. The highest BCUT2D eigenvalue weighted by Gasteiger charge is 1.97. The van der Waals surface area contributed by atoms with Crippen LogP contribution in [0.4, 0.5) is 11.4 Å². The Morgan fingerprint density at radius 1 is 0.773 bits per heavy atom. The number of hydrogen-bond donors (Lipinski definition) is 1. The van der Waals surface area contributed by atoms with Crippen molar-refractivity contribution in [1.82, 2.24) is 0 Å². The molecule has 0 bridgehead atoms. The van der Waals surface area contributed by atoms with Crippen molar-refractivity contribution in [3.05, 3.63) is 53.0 Å². The molecule has 4 heteroatoms. The molecule has 0 heterocycles. The van der Waals surface area contributed by atoms with Gasteiger partial charge in [0.1, 0.15) is 5.75 Å². The van der Waals surface area contributed by atoms with E-state index >= 15 is 0 Å². The summed E-state index contributed by atoms with van der Waals surface area (Å²) in [6, 6.07) is 16.2. The molecule has 0 atom stereocenters. The minimum absolute atomic E-state index is 0.793. The quantitative estimate of drug-likeness (QED) is 0.363. The summed E-state index contributed by atoms with van der Waals surface area (Å²) in [6.45, 7) is 0.793. The molecule has 0 saturated heterocycles. The standard InChI is InChI=1S/C18H21Br2NO/c19-13-3-1-2-4-14-22-18-11-9-17(10-12-18)21-16-7-5-15(20)6-8-16/h5-12,21H,1-4,13-14H2. The lowest BCUT2D eigenvalue weighted by molar-refractivity contribution is 0.305. The monoisotopic (exact) mass is 425 g/mol. The van der Waals surface area contributed by atoms with E-state index in [-0.39, 0.29) is 0 Å². The van der Waals surface area contributed by atoms with E-state index in [1.54, 1.807) is 0 Å². The molecule has 22 heavy (non-hydrogen) atoms. The van der Waals surface area contributed by atoms with Crippen LogP contribution < -0.4 is 10.1 Å². The Bertz CT molecular complexity index is 540. The van der Waals surface area contributed by atoms with Crippen molar-refractivity contribution in [1.29, 1.82) is 0 Å². The molecular weight excluding hydrogens is 406 g/mol. The normalized spacial score (nSPS) is 10.5. The molecule has 0 aliphatic heterocycles. The minimum Gasteiger partial charge on any atom is -0.494 e. The van der Waals surface area contributed by atoms with Crippen molar-refractivity contribution in [2.75, 3.05) is 17.3 Å². The van der Waals surface area contributed by atoms with Crippen molar-refractivity contribution in [3.8, 4) is 5.75 Å². The van der Waals surface area contributed by atoms with Crippen LogP contribution in [-0.2, 0) is 0 Å². The van der Waals surface area contributed by atoms with Gasteiger partial charge in [-0.05, 0) is 61.4 Å². The van der Waals surface area contributed by atoms with E-state index in [4.69, 9.17) is 4.74 Å². The topological polar surface area (TPSA) is 21.3 Å². The molecule has 1 N–H and O–H groups in total. The van der Waals surface area contributed by atoms with Crippen molar-refractivity contribution >= 4 is 43.2 Å². The Kier molecular flexibility index (Phi) is 7.81. The molecule has 2 rings (SSSR count). The van der Waals surface area contributed by atoms with Gasteiger partial charge in [0.2, 0.25) is 0 Å². The fourth-order valence-corrected chi connectivity index (χ4v) is 2.74. The van der Waals surface area contributed by atoms with Gasteiger partial charge < -0.3 is 10.1 Å². The minimum atomic E-state index is 0.793. The smallest absolute Gasteiger partial charge is 0.119 e. The van der Waals surface area contributed by atoms with E-state index in [9.17, 15) is 0 Å². The number of nitrogens with one attached hydrogen (secondary N) is 1. The fourth-order valence-electron chi connectivity index (χ4n) is 2.07. The zero-order valence-electron chi connectivity index (χ0n) is 12.5. The van der Waals surface area contributed by atoms with Gasteiger partial charge in [-0.2, -0.15) is 0 Å². The molecule has 0 amide bonds. The first-order valence-electron chi connectivity index (χ1n) is 7.59. The predicted molar refractivity (Wildman–Crippen MR) is 102 cm³/mol. The highest BCUT2D eigenvalue weighted by molar-refractivity contribution is 9.10. The van der Waals surface area contributed by atoms with Crippen molar-refractivity contribution in [2.45, 2.75) is 25.7 Å². The van der Waals surface area contributed by atoms with E-state index < -0.39 is 0 Å². The average molecular weight is 427 g/mol. The molecule has 0 aliphatic carbocycles. The number of rotatable bonds is 9. The largest absolute Gasteiger partial charge is 0.494 e. The summed E-state index contributed by atoms with van der Waals surface area (Å²) in [6.07, 6.45) is 4.86. The molecule has 0 radical (unpaired) electrons. The van der Waals surface area contributed by atoms with Gasteiger partial charge in [0.15, 0.2) is 0 Å². The summed E-state index contributed by atoms with van der Waals surface area (Å²) in [7, 11) is 0. The Hall–Kier alpha value is -1.00. The highest BCUT2D eigenvalue weighted by atomic mass is 79.9. The van der Waals surface area contributed by atoms with E-state index in [1.165, 1.54) is 19.3 Å². The Morgan fingerprint density at radius 3 is 2.00 bits per heavy atom. The number of halogens is 2. The lowest BCUT2D eigenvalue weighted by Crippen LogP contribution is -1.97. The van der Waals surface area contributed by atoms with Gasteiger partial charge in [-0.15, -0.1) is 0 Å². The van der Waals surface area contributed by atoms with E-state index in [2.05, 4.69) is 37.2 Å². The van der Waals surface area contributed by atoms with E-state index in [0.29, 0.717) is 0 Å². The van der Waals surface area contributed by atoms with Crippen LogP contribution in [0.5, 0.6) is 5.75 Å². The van der Waals surface area contributed by atoms with Crippen LogP contribution in [0.3, 0.4) is 0 Å². The summed E-state index contributed by atoms with van der Waals surface area (Å²) in [4.78, 5) is 0. The van der Waals surface area contributed by atoms with Crippen molar-refractivity contribution in [2.24, 2.45) is 0 Å². The molecule has 0 aliphatic rings. The maximum Gasteiger partial charge on any atom is 0.119 e. The second-order valence-corrected chi connectivity index (χ2v) is 6.82. The molecule has 2 aromatic rings. The van der Waals surface area contributed by atoms with Crippen LogP contribution >= 0.6 is 31.9 Å². The molecule has 0 fully saturated rings. The predicted octanol–water partition coefficient (Wildman–Crippen LogP) is 6.53. The van der Waals surface area contributed by atoms with Crippen LogP contribution in [0.1, 0.15) is 25.7 Å². The zero-order valence-corrected chi connectivity index (χ0v) is 15.7. The summed E-state index contributed by atoms with van der Waals surface area (Å²) < 4.78 is 6.84. The van der Waals surface area contributed by atoms with Gasteiger partial charge in [-0.1, -0.05) is 44.7 Å². The number of anilines is 2. The lowest BCUT2D eigenvalue weighted by Gasteiger charge is -2.09. The number of unbranched alkanes of at least 4 members (excludes halogenated alkanes) is 3. The van der Waals surface area contributed by atoms with Crippen molar-refractivity contribution in [3.63, 3.8) is 0 Å². The van der Waals surface area contributed by atoms with Crippen LogP contribution in [-0.4, -0.2) is 11.9 Å². The fraction of sp³-hybridized carbons (Fsp3) is 0.333. The molecule has 2 nitrogen and oxygen atoms in total. The summed E-state index contributed by atoms with van der Waals surface area (Å²) in [5, 5.41) is 4.47. The zero-order chi connectivity index (χ0) is 15.6. The van der Waals surface area contributed by atoms with Crippen LogP contribution in [0.2, 0.25) is 0 Å². The van der Waals surface area contributed by atoms with Crippen molar-refractivity contribution < 1.29 is 4.74 Å². The Balaban J connectivity index is 1.74. The molecular formula is C18H21Br2NO. The van der Waals surface area contributed by atoms with Gasteiger partial charge >= 0.3 is 0 Å². The van der Waals surface area contributed by atoms with E-state index in [0.717, 1.165) is 40.0 Å². The number of ether oxygens (including phenoxy) is 1. The van der Waals surface area contributed by atoms with Crippen LogP contribution in [0, 0.1) is 0 Å². The molecule has 0 aromatic heterocycles. The summed E-state index contributed by atoms with van der Waals surface area (Å²) in [5.74, 6) is 0.932. The molecule has 118 valence electrons. The third-order valence-electron chi connectivity index (χ3n) is 3.28. The third-order valence-corrected chi connectivity index (χ3v) is 4.37. The lowest BCUT2D eigenvalue weighted by atomic mass is 10.2. The summed E-state index contributed by atoms with van der Waals surface area (Å²) in [5.41, 5.74) is 2.13. The highest BCUT2D eigenvalue weighted by Crippen LogP contribution is 2.21. The number of benzene rings is 2. The number of alkyl halides is 1. The molecule has 2 aromatic carbocycles. The first-order valence-corrected chi connectivity index (χ1v) is 9.51. The maximum atomic E-state index is 5.76. The van der Waals surface area contributed by atoms with Gasteiger partial charge in [0.05, 0.1) is 6.61 Å². The molecule has 0 spiro atoms. The Morgan fingerprint density at radius 2 is 1.36 bits per heavy atom. The van der Waals surface area contributed by atoms with Gasteiger partial charge in [0, 0.05) is 21.2 Å². The second kappa shape index (κ2) is 9.90. The summed E-state index contributed by atoms with van der Waals surface area (Å²) >= 11 is 6.89. The van der Waals surface area contributed by atoms with Gasteiger partial charge in [-0.25, -0.2) is 0 Å².